The number of hydrogen-bond acceptors (Lipinski definition) is 4. The van der Waals surface area contributed by atoms with Crippen molar-refractivity contribution in [2.24, 2.45) is 11.7 Å². The number of primary amides is 1. The maximum Gasteiger partial charge on any atom is 0.320 e. The van der Waals surface area contributed by atoms with Crippen LogP contribution in [0.5, 0.6) is 5.75 Å². The molecule has 110 valence electrons. The third-order valence-corrected chi connectivity index (χ3v) is 2.76. The molecule has 1 rings (SSSR count). The predicted octanol–water partition coefficient (Wildman–Crippen LogP) is 0.749. The smallest absolute Gasteiger partial charge is 0.320 e. The van der Waals surface area contributed by atoms with Gasteiger partial charge >= 0.3 is 5.97 Å². The maximum atomic E-state index is 11.0. The summed E-state index contributed by atoms with van der Waals surface area (Å²) in [6, 6.07) is 6.46. The number of ether oxygens (including phenoxy) is 1. The second kappa shape index (κ2) is 7.49. The molecule has 4 N–H and O–H groups in total. The van der Waals surface area contributed by atoms with E-state index in [1.165, 1.54) is 0 Å². The Morgan fingerprint density at radius 2 is 1.90 bits per heavy atom. The lowest BCUT2D eigenvalue weighted by Crippen LogP contribution is -2.40. The zero-order valence-corrected chi connectivity index (χ0v) is 11.6. The van der Waals surface area contributed by atoms with Gasteiger partial charge in [0.2, 0.25) is 0 Å². The van der Waals surface area contributed by atoms with E-state index in [4.69, 9.17) is 15.6 Å². The van der Waals surface area contributed by atoms with Crippen molar-refractivity contribution in [3.63, 3.8) is 0 Å². The van der Waals surface area contributed by atoms with Crippen LogP contribution < -0.4 is 15.8 Å². The van der Waals surface area contributed by atoms with Crippen molar-refractivity contribution in [3.8, 4) is 5.75 Å². The summed E-state index contributed by atoms with van der Waals surface area (Å²) in [5, 5.41) is 12.1. The number of aliphatic carboxylic acids is 1. The van der Waals surface area contributed by atoms with Gasteiger partial charge in [-0.3, -0.25) is 9.59 Å². The fourth-order valence-electron chi connectivity index (χ4n) is 1.69. The molecule has 1 atom stereocenters. The zero-order valence-electron chi connectivity index (χ0n) is 11.6. The SMILES string of the molecule is CC(C)C(NCc1ccc(OCC(N)=O)cc1)C(=O)O. The van der Waals surface area contributed by atoms with Crippen LogP contribution in [0.25, 0.3) is 0 Å². The molecule has 0 aliphatic rings. The summed E-state index contributed by atoms with van der Waals surface area (Å²) in [5.74, 6) is -0.838. The number of carboxylic acids is 1. The van der Waals surface area contributed by atoms with Gasteiger partial charge in [-0.05, 0) is 23.6 Å². The minimum absolute atomic E-state index is 0.00525. The molecule has 0 aliphatic carbocycles. The molecule has 0 saturated heterocycles. The van der Waals surface area contributed by atoms with Crippen LogP contribution in [-0.4, -0.2) is 29.6 Å². The van der Waals surface area contributed by atoms with E-state index >= 15 is 0 Å². The molecule has 6 heteroatoms. The molecule has 0 fully saturated rings. The van der Waals surface area contributed by atoms with E-state index in [2.05, 4.69) is 5.32 Å². The lowest BCUT2D eigenvalue weighted by Gasteiger charge is -2.18. The van der Waals surface area contributed by atoms with Crippen LogP contribution in [0.15, 0.2) is 24.3 Å². The highest BCUT2D eigenvalue weighted by molar-refractivity contribution is 5.75. The fourth-order valence-corrected chi connectivity index (χ4v) is 1.69. The lowest BCUT2D eigenvalue weighted by atomic mass is 10.0. The van der Waals surface area contributed by atoms with Gasteiger partial charge in [0, 0.05) is 6.54 Å². The first-order valence-electron chi connectivity index (χ1n) is 6.36. The summed E-state index contributed by atoms with van der Waals surface area (Å²) in [7, 11) is 0. The van der Waals surface area contributed by atoms with Gasteiger partial charge in [0.1, 0.15) is 11.8 Å². The first-order valence-corrected chi connectivity index (χ1v) is 6.36. The molecule has 0 aliphatic heterocycles. The molecule has 0 radical (unpaired) electrons. The van der Waals surface area contributed by atoms with Crippen molar-refractivity contribution in [3.05, 3.63) is 29.8 Å². The number of rotatable bonds is 8. The fraction of sp³-hybridized carbons (Fsp3) is 0.429. The minimum Gasteiger partial charge on any atom is -0.484 e. The van der Waals surface area contributed by atoms with Crippen LogP contribution in [0.2, 0.25) is 0 Å². The summed E-state index contributed by atoms with van der Waals surface area (Å²) in [6.07, 6.45) is 0. The second-order valence-corrected chi connectivity index (χ2v) is 4.84. The van der Waals surface area contributed by atoms with E-state index in [0.29, 0.717) is 12.3 Å². The normalized spacial score (nSPS) is 12.2. The summed E-state index contributed by atoms with van der Waals surface area (Å²) < 4.78 is 5.14. The van der Waals surface area contributed by atoms with Crippen LogP contribution in [0, 0.1) is 5.92 Å². The minimum atomic E-state index is -0.860. The Bertz CT molecular complexity index is 457. The highest BCUT2D eigenvalue weighted by Gasteiger charge is 2.20. The number of carbonyl (C=O) groups excluding carboxylic acids is 1. The highest BCUT2D eigenvalue weighted by atomic mass is 16.5. The van der Waals surface area contributed by atoms with E-state index in [1.54, 1.807) is 12.1 Å². The number of amides is 1. The molecule has 0 saturated carbocycles. The van der Waals surface area contributed by atoms with Crippen molar-refractivity contribution in [2.45, 2.75) is 26.4 Å². The third kappa shape index (κ3) is 5.27. The average molecular weight is 280 g/mol. The number of carbonyl (C=O) groups is 2. The van der Waals surface area contributed by atoms with Gasteiger partial charge in [0.05, 0.1) is 0 Å². The first kappa shape index (κ1) is 16.0. The monoisotopic (exact) mass is 280 g/mol. The highest BCUT2D eigenvalue weighted by Crippen LogP contribution is 2.12. The lowest BCUT2D eigenvalue weighted by molar-refractivity contribution is -0.140. The molecular formula is C14H20N2O4. The Morgan fingerprint density at radius 3 is 2.35 bits per heavy atom. The Balaban J connectivity index is 2.52. The maximum absolute atomic E-state index is 11.0. The molecule has 0 aromatic heterocycles. The van der Waals surface area contributed by atoms with E-state index in [-0.39, 0.29) is 12.5 Å². The number of benzene rings is 1. The van der Waals surface area contributed by atoms with Gasteiger partial charge in [0.25, 0.3) is 5.91 Å². The van der Waals surface area contributed by atoms with Gasteiger partial charge in [-0.15, -0.1) is 0 Å². The van der Waals surface area contributed by atoms with Crippen LogP contribution >= 0.6 is 0 Å². The van der Waals surface area contributed by atoms with Crippen molar-refractivity contribution in [2.75, 3.05) is 6.61 Å². The molecule has 0 bridgehead atoms. The number of carboxylic acid groups (broad SMARTS) is 1. The van der Waals surface area contributed by atoms with Crippen molar-refractivity contribution in [1.82, 2.24) is 5.32 Å². The standard InChI is InChI=1S/C14H20N2O4/c1-9(2)13(14(18)19)16-7-10-3-5-11(6-4-10)20-8-12(15)17/h3-6,9,13,16H,7-8H2,1-2H3,(H2,15,17)(H,18,19). The molecule has 20 heavy (non-hydrogen) atoms. The molecule has 1 amide bonds. The van der Waals surface area contributed by atoms with Crippen LogP contribution in [0.4, 0.5) is 0 Å². The van der Waals surface area contributed by atoms with Crippen LogP contribution in [0.3, 0.4) is 0 Å². The number of nitrogens with one attached hydrogen (secondary N) is 1. The Hall–Kier alpha value is -2.08. The topological polar surface area (TPSA) is 102 Å². The average Bonchev–Trinajstić information content (AvgIpc) is 2.37. The third-order valence-electron chi connectivity index (χ3n) is 2.76. The zero-order chi connectivity index (χ0) is 15.1. The Kier molecular flexibility index (Phi) is 5.99. The van der Waals surface area contributed by atoms with Crippen molar-refractivity contribution in [1.29, 1.82) is 0 Å². The first-order chi connectivity index (χ1) is 9.40. The molecule has 6 nitrogen and oxygen atoms in total. The van der Waals surface area contributed by atoms with Crippen LogP contribution in [0.1, 0.15) is 19.4 Å². The molecular weight excluding hydrogens is 260 g/mol. The van der Waals surface area contributed by atoms with E-state index in [1.807, 2.05) is 26.0 Å². The van der Waals surface area contributed by atoms with E-state index < -0.39 is 17.9 Å². The number of hydrogen-bond donors (Lipinski definition) is 3. The van der Waals surface area contributed by atoms with E-state index in [0.717, 1.165) is 5.56 Å². The summed E-state index contributed by atoms with van der Waals surface area (Å²) in [5.41, 5.74) is 5.91. The van der Waals surface area contributed by atoms with Gasteiger partial charge in [-0.25, -0.2) is 0 Å². The molecule has 1 unspecified atom stereocenters. The molecule has 0 heterocycles. The van der Waals surface area contributed by atoms with Gasteiger partial charge in [-0.1, -0.05) is 26.0 Å². The largest absolute Gasteiger partial charge is 0.484 e. The number of nitrogens with two attached hydrogens (primary N) is 1. The second-order valence-electron chi connectivity index (χ2n) is 4.84. The molecule has 1 aromatic rings. The Labute approximate surface area is 117 Å². The van der Waals surface area contributed by atoms with Gasteiger partial charge in [-0.2, -0.15) is 0 Å². The van der Waals surface area contributed by atoms with Gasteiger partial charge < -0.3 is 20.9 Å². The quantitative estimate of drug-likeness (QED) is 0.652. The van der Waals surface area contributed by atoms with Crippen molar-refractivity contribution >= 4 is 11.9 Å². The van der Waals surface area contributed by atoms with Gasteiger partial charge in [0.15, 0.2) is 6.61 Å². The summed E-state index contributed by atoms with van der Waals surface area (Å²) in [4.78, 5) is 21.6. The Morgan fingerprint density at radius 1 is 1.30 bits per heavy atom. The van der Waals surface area contributed by atoms with Crippen LogP contribution in [-0.2, 0) is 16.1 Å². The molecule has 0 spiro atoms. The predicted molar refractivity (Wildman–Crippen MR) is 74.2 cm³/mol. The molecule has 1 aromatic carbocycles. The summed E-state index contributed by atoms with van der Waals surface area (Å²) in [6.45, 7) is 4.00. The van der Waals surface area contributed by atoms with Crippen molar-refractivity contribution < 1.29 is 19.4 Å². The summed E-state index contributed by atoms with van der Waals surface area (Å²) >= 11 is 0. The van der Waals surface area contributed by atoms with E-state index in [9.17, 15) is 9.59 Å².